The van der Waals surface area contributed by atoms with Crippen LogP contribution in [0.25, 0.3) is 0 Å². The van der Waals surface area contributed by atoms with Gasteiger partial charge in [-0.15, -0.1) is 0 Å². The van der Waals surface area contributed by atoms with Crippen molar-refractivity contribution >= 4 is 11.4 Å². The molecule has 0 spiro atoms. The Labute approximate surface area is 116 Å². The van der Waals surface area contributed by atoms with Crippen LogP contribution in [0.4, 0.5) is 11.4 Å². The van der Waals surface area contributed by atoms with Crippen molar-refractivity contribution in [2.75, 3.05) is 11.4 Å². The average Bonchev–Trinajstić information content (AvgIpc) is 3.01. The summed E-state index contributed by atoms with van der Waals surface area (Å²) in [6, 6.07) is 7.11. The summed E-state index contributed by atoms with van der Waals surface area (Å²) in [7, 11) is 0. The molecule has 3 rings (SSSR count). The first kappa shape index (κ1) is 12.7. The van der Waals surface area contributed by atoms with Crippen molar-refractivity contribution in [3.63, 3.8) is 0 Å². The van der Waals surface area contributed by atoms with E-state index in [9.17, 15) is 10.1 Å². The number of nitrogens with zero attached hydrogens (tertiary/aromatic N) is 3. The van der Waals surface area contributed by atoms with Crippen LogP contribution in [-0.4, -0.2) is 21.7 Å². The van der Waals surface area contributed by atoms with E-state index < -0.39 is 0 Å². The van der Waals surface area contributed by atoms with Crippen LogP contribution < -0.4 is 4.90 Å². The molecule has 0 bridgehead atoms. The standard InChI is InChI=1S/C14H16N4O2/c19-18(20)14-7-2-1-6-13(14)17-8-4-3-5-12(17)11-9-15-16-10-11/h1-2,6-7,9-10,12H,3-5,8H2,(H,15,16)/t12-/m0/s1. The van der Waals surface area contributed by atoms with E-state index in [1.807, 2.05) is 18.3 Å². The van der Waals surface area contributed by atoms with E-state index in [0.717, 1.165) is 31.4 Å². The number of rotatable bonds is 3. The second-order valence-electron chi connectivity index (χ2n) is 4.98. The zero-order valence-electron chi connectivity index (χ0n) is 11.0. The van der Waals surface area contributed by atoms with E-state index in [1.54, 1.807) is 18.3 Å². The zero-order chi connectivity index (χ0) is 13.9. The van der Waals surface area contributed by atoms with Crippen LogP contribution in [0.2, 0.25) is 0 Å². The number of H-pyrrole nitrogens is 1. The molecule has 0 unspecified atom stereocenters. The largest absolute Gasteiger partial charge is 0.359 e. The number of nitro benzene ring substituents is 1. The highest BCUT2D eigenvalue weighted by Crippen LogP contribution is 2.38. The molecule has 6 nitrogen and oxygen atoms in total. The molecule has 1 atom stereocenters. The van der Waals surface area contributed by atoms with Gasteiger partial charge in [0, 0.05) is 24.4 Å². The first-order chi connectivity index (χ1) is 9.77. The number of hydrogen-bond acceptors (Lipinski definition) is 4. The predicted molar refractivity (Wildman–Crippen MR) is 75.6 cm³/mol. The van der Waals surface area contributed by atoms with Crippen molar-refractivity contribution in [3.8, 4) is 0 Å². The normalized spacial score (nSPS) is 19.0. The maximum absolute atomic E-state index is 11.2. The summed E-state index contributed by atoms with van der Waals surface area (Å²) in [6.07, 6.45) is 6.86. The van der Waals surface area contributed by atoms with Gasteiger partial charge in [-0.1, -0.05) is 12.1 Å². The van der Waals surface area contributed by atoms with Gasteiger partial charge >= 0.3 is 0 Å². The lowest BCUT2D eigenvalue weighted by Crippen LogP contribution is -2.33. The van der Waals surface area contributed by atoms with E-state index in [4.69, 9.17) is 0 Å². The number of para-hydroxylation sites is 2. The Bertz CT molecular complexity index is 597. The fraction of sp³-hybridized carbons (Fsp3) is 0.357. The molecule has 1 aliphatic rings. The Morgan fingerprint density at radius 1 is 1.35 bits per heavy atom. The number of hydrogen-bond donors (Lipinski definition) is 1. The van der Waals surface area contributed by atoms with Crippen LogP contribution in [-0.2, 0) is 0 Å². The van der Waals surface area contributed by atoms with Gasteiger partial charge in [0.25, 0.3) is 5.69 Å². The molecule has 2 heterocycles. The van der Waals surface area contributed by atoms with Crippen LogP contribution in [0, 0.1) is 10.1 Å². The second-order valence-corrected chi connectivity index (χ2v) is 4.98. The first-order valence-electron chi connectivity index (χ1n) is 6.76. The molecule has 0 aliphatic carbocycles. The number of aromatic nitrogens is 2. The van der Waals surface area contributed by atoms with E-state index >= 15 is 0 Å². The number of piperidine rings is 1. The van der Waals surface area contributed by atoms with Gasteiger partial charge in [-0.25, -0.2) is 0 Å². The van der Waals surface area contributed by atoms with Gasteiger partial charge in [-0.05, 0) is 25.3 Å². The summed E-state index contributed by atoms with van der Waals surface area (Å²) in [5.41, 5.74) is 1.95. The third-order valence-corrected chi connectivity index (χ3v) is 3.79. The number of aromatic amines is 1. The third-order valence-electron chi connectivity index (χ3n) is 3.79. The van der Waals surface area contributed by atoms with Gasteiger partial charge in [0.15, 0.2) is 0 Å². The SMILES string of the molecule is O=[N+]([O-])c1ccccc1N1CCCC[C@H]1c1cn[nH]c1. The Hall–Kier alpha value is -2.37. The van der Waals surface area contributed by atoms with Crippen molar-refractivity contribution in [2.45, 2.75) is 25.3 Å². The molecule has 0 saturated carbocycles. The molecule has 1 aromatic heterocycles. The minimum absolute atomic E-state index is 0.156. The van der Waals surface area contributed by atoms with E-state index in [1.165, 1.54) is 0 Å². The van der Waals surface area contributed by atoms with Crippen LogP contribution in [0.5, 0.6) is 0 Å². The lowest BCUT2D eigenvalue weighted by molar-refractivity contribution is -0.384. The predicted octanol–water partition coefficient (Wildman–Crippen LogP) is 3.05. The molecule has 2 aromatic rings. The Balaban J connectivity index is 2.00. The van der Waals surface area contributed by atoms with Crippen molar-refractivity contribution in [2.24, 2.45) is 0 Å². The lowest BCUT2D eigenvalue weighted by Gasteiger charge is -2.36. The summed E-state index contributed by atoms with van der Waals surface area (Å²) in [4.78, 5) is 13.0. The fourth-order valence-electron chi connectivity index (χ4n) is 2.87. The van der Waals surface area contributed by atoms with Crippen molar-refractivity contribution in [1.29, 1.82) is 0 Å². The third kappa shape index (κ3) is 2.24. The quantitative estimate of drug-likeness (QED) is 0.688. The van der Waals surface area contributed by atoms with Crippen LogP contribution >= 0.6 is 0 Å². The van der Waals surface area contributed by atoms with Gasteiger partial charge in [-0.2, -0.15) is 5.10 Å². The first-order valence-corrected chi connectivity index (χ1v) is 6.76. The van der Waals surface area contributed by atoms with Crippen molar-refractivity contribution < 1.29 is 4.92 Å². The van der Waals surface area contributed by atoms with E-state index in [2.05, 4.69) is 15.1 Å². The number of benzene rings is 1. The molecule has 1 saturated heterocycles. The highest BCUT2D eigenvalue weighted by atomic mass is 16.6. The molecular weight excluding hydrogens is 256 g/mol. The lowest BCUT2D eigenvalue weighted by atomic mass is 9.96. The van der Waals surface area contributed by atoms with Gasteiger partial charge in [0.2, 0.25) is 0 Å². The van der Waals surface area contributed by atoms with Gasteiger partial charge < -0.3 is 4.90 Å². The monoisotopic (exact) mass is 272 g/mol. The van der Waals surface area contributed by atoms with Crippen molar-refractivity contribution in [3.05, 3.63) is 52.3 Å². The average molecular weight is 272 g/mol. The van der Waals surface area contributed by atoms with E-state index in [0.29, 0.717) is 5.69 Å². The fourth-order valence-corrected chi connectivity index (χ4v) is 2.87. The number of anilines is 1. The second kappa shape index (κ2) is 5.32. The molecule has 1 aliphatic heterocycles. The highest BCUT2D eigenvalue weighted by molar-refractivity contribution is 5.64. The molecular formula is C14H16N4O2. The molecule has 104 valence electrons. The summed E-state index contributed by atoms with van der Waals surface area (Å²) in [5.74, 6) is 0. The molecule has 1 fully saturated rings. The topological polar surface area (TPSA) is 75.1 Å². The van der Waals surface area contributed by atoms with Crippen LogP contribution in [0.3, 0.4) is 0 Å². The Morgan fingerprint density at radius 2 is 2.20 bits per heavy atom. The Morgan fingerprint density at radius 3 is 2.95 bits per heavy atom. The van der Waals surface area contributed by atoms with E-state index in [-0.39, 0.29) is 16.7 Å². The molecule has 0 radical (unpaired) electrons. The van der Waals surface area contributed by atoms with Crippen molar-refractivity contribution in [1.82, 2.24) is 10.2 Å². The molecule has 6 heteroatoms. The van der Waals surface area contributed by atoms with Crippen LogP contribution in [0.1, 0.15) is 30.9 Å². The van der Waals surface area contributed by atoms with Crippen LogP contribution in [0.15, 0.2) is 36.7 Å². The minimum atomic E-state index is -0.309. The Kier molecular flexibility index (Phi) is 3.37. The maximum Gasteiger partial charge on any atom is 0.292 e. The summed E-state index contributed by atoms with van der Waals surface area (Å²) in [6.45, 7) is 0.834. The molecule has 1 N–H and O–H groups in total. The van der Waals surface area contributed by atoms with Gasteiger partial charge in [-0.3, -0.25) is 15.2 Å². The number of nitro groups is 1. The summed E-state index contributed by atoms with van der Waals surface area (Å²) < 4.78 is 0. The maximum atomic E-state index is 11.2. The molecule has 0 amide bonds. The summed E-state index contributed by atoms with van der Waals surface area (Å²) >= 11 is 0. The smallest absolute Gasteiger partial charge is 0.292 e. The summed E-state index contributed by atoms with van der Waals surface area (Å²) in [5, 5.41) is 18.0. The van der Waals surface area contributed by atoms with Gasteiger partial charge in [0.05, 0.1) is 17.2 Å². The zero-order valence-corrected chi connectivity index (χ0v) is 11.0. The minimum Gasteiger partial charge on any atom is -0.359 e. The highest BCUT2D eigenvalue weighted by Gasteiger charge is 2.29. The van der Waals surface area contributed by atoms with Gasteiger partial charge in [0.1, 0.15) is 5.69 Å². The molecule has 20 heavy (non-hydrogen) atoms. The number of nitrogens with one attached hydrogen (secondary N) is 1. The molecule has 1 aromatic carbocycles.